The van der Waals surface area contributed by atoms with E-state index >= 15 is 0 Å². The fraction of sp³-hybridized carbons (Fsp3) is 0.400. The Morgan fingerprint density at radius 3 is 2.76 bits per heavy atom. The standard InChI is InChI=1S/C15H19N3O3/c1-10(2)16-14(19)9-18(3)15(20)8-12-11-6-4-5-7-13(11)21-17-12/h4-7,10H,8-9H2,1-3H3,(H,16,19). The van der Waals surface area contributed by atoms with Gasteiger partial charge in [0.25, 0.3) is 0 Å². The Bertz CT molecular complexity index is 648. The highest BCUT2D eigenvalue weighted by Crippen LogP contribution is 2.18. The maximum Gasteiger partial charge on any atom is 0.239 e. The van der Waals surface area contributed by atoms with Crippen LogP contribution < -0.4 is 5.32 Å². The summed E-state index contributed by atoms with van der Waals surface area (Å²) in [6.07, 6.45) is 0.114. The summed E-state index contributed by atoms with van der Waals surface area (Å²) in [5.41, 5.74) is 1.24. The number of benzene rings is 1. The van der Waals surface area contributed by atoms with Crippen LogP contribution in [0.4, 0.5) is 0 Å². The predicted octanol–water partition coefficient (Wildman–Crippen LogP) is 1.35. The largest absolute Gasteiger partial charge is 0.356 e. The van der Waals surface area contributed by atoms with Gasteiger partial charge in [-0.25, -0.2) is 0 Å². The summed E-state index contributed by atoms with van der Waals surface area (Å²) in [4.78, 5) is 25.2. The van der Waals surface area contributed by atoms with Crippen LogP contribution >= 0.6 is 0 Å². The molecular weight excluding hydrogens is 270 g/mol. The minimum Gasteiger partial charge on any atom is -0.356 e. The van der Waals surface area contributed by atoms with Gasteiger partial charge in [0.05, 0.1) is 13.0 Å². The molecule has 112 valence electrons. The molecule has 0 aliphatic heterocycles. The molecule has 6 nitrogen and oxygen atoms in total. The maximum atomic E-state index is 12.1. The van der Waals surface area contributed by atoms with Gasteiger partial charge in [-0.1, -0.05) is 17.3 Å². The molecule has 0 aliphatic carbocycles. The van der Waals surface area contributed by atoms with E-state index in [0.717, 1.165) is 5.39 Å². The van der Waals surface area contributed by atoms with Crippen LogP contribution in [-0.2, 0) is 16.0 Å². The second kappa shape index (κ2) is 6.39. The minimum atomic E-state index is -0.175. The third kappa shape index (κ3) is 3.81. The van der Waals surface area contributed by atoms with Crippen molar-refractivity contribution in [3.8, 4) is 0 Å². The van der Waals surface area contributed by atoms with Gasteiger partial charge in [-0.2, -0.15) is 0 Å². The first-order valence-corrected chi connectivity index (χ1v) is 6.84. The van der Waals surface area contributed by atoms with Crippen LogP contribution in [0.15, 0.2) is 28.8 Å². The van der Waals surface area contributed by atoms with E-state index in [1.54, 1.807) is 13.1 Å². The van der Waals surface area contributed by atoms with Crippen molar-refractivity contribution in [2.75, 3.05) is 13.6 Å². The summed E-state index contributed by atoms with van der Waals surface area (Å²) >= 11 is 0. The van der Waals surface area contributed by atoms with Crippen molar-refractivity contribution in [1.29, 1.82) is 0 Å². The number of hydrogen-bond donors (Lipinski definition) is 1. The van der Waals surface area contributed by atoms with Crippen LogP contribution in [-0.4, -0.2) is 41.5 Å². The molecule has 0 unspecified atom stereocenters. The first-order chi connectivity index (χ1) is 9.97. The molecule has 2 amide bonds. The van der Waals surface area contributed by atoms with Crippen LogP contribution in [0.2, 0.25) is 0 Å². The Morgan fingerprint density at radius 1 is 1.33 bits per heavy atom. The number of likely N-dealkylation sites (N-methyl/N-ethyl adjacent to an activating group) is 1. The fourth-order valence-corrected chi connectivity index (χ4v) is 2.02. The third-order valence-electron chi connectivity index (χ3n) is 3.03. The highest BCUT2D eigenvalue weighted by atomic mass is 16.5. The second-order valence-electron chi connectivity index (χ2n) is 5.27. The van der Waals surface area contributed by atoms with Crippen LogP contribution in [0.5, 0.6) is 0 Å². The van der Waals surface area contributed by atoms with E-state index in [9.17, 15) is 9.59 Å². The molecule has 1 heterocycles. The minimum absolute atomic E-state index is 0.0345. The molecule has 0 aliphatic rings. The van der Waals surface area contributed by atoms with E-state index in [4.69, 9.17) is 4.52 Å². The van der Waals surface area contributed by atoms with Gasteiger partial charge < -0.3 is 14.7 Å². The maximum absolute atomic E-state index is 12.1. The topological polar surface area (TPSA) is 75.4 Å². The van der Waals surface area contributed by atoms with Crippen LogP contribution in [0.3, 0.4) is 0 Å². The average Bonchev–Trinajstić information content (AvgIpc) is 2.81. The van der Waals surface area contributed by atoms with Gasteiger partial charge in [0.15, 0.2) is 5.58 Å². The summed E-state index contributed by atoms with van der Waals surface area (Å²) in [6.45, 7) is 3.79. The molecule has 1 aromatic heterocycles. The number of nitrogens with one attached hydrogen (secondary N) is 1. The molecular formula is C15H19N3O3. The van der Waals surface area contributed by atoms with E-state index in [-0.39, 0.29) is 30.8 Å². The van der Waals surface area contributed by atoms with Gasteiger partial charge >= 0.3 is 0 Å². The third-order valence-corrected chi connectivity index (χ3v) is 3.03. The highest BCUT2D eigenvalue weighted by molar-refractivity contribution is 5.88. The van der Waals surface area contributed by atoms with Crippen molar-refractivity contribution in [3.05, 3.63) is 30.0 Å². The Balaban J connectivity index is 1.99. The molecule has 0 spiro atoms. The SMILES string of the molecule is CC(C)NC(=O)CN(C)C(=O)Cc1noc2ccccc12. The van der Waals surface area contributed by atoms with Gasteiger partial charge in [-0.3, -0.25) is 9.59 Å². The quantitative estimate of drug-likeness (QED) is 0.901. The molecule has 6 heteroatoms. The number of rotatable bonds is 5. The lowest BCUT2D eigenvalue weighted by atomic mass is 10.1. The van der Waals surface area contributed by atoms with E-state index in [1.807, 2.05) is 32.0 Å². The molecule has 21 heavy (non-hydrogen) atoms. The predicted molar refractivity (Wildman–Crippen MR) is 78.6 cm³/mol. The van der Waals surface area contributed by atoms with E-state index in [0.29, 0.717) is 11.3 Å². The van der Waals surface area contributed by atoms with Crippen molar-refractivity contribution in [2.24, 2.45) is 0 Å². The monoisotopic (exact) mass is 289 g/mol. The number of para-hydroxylation sites is 1. The molecule has 1 aromatic carbocycles. The summed E-state index contributed by atoms with van der Waals surface area (Å²) in [5, 5.41) is 7.50. The van der Waals surface area contributed by atoms with Crippen LogP contribution in [0.1, 0.15) is 19.5 Å². The van der Waals surface area contributed by atoms with Gasteiger partial charge in [-0.15, -0.1) is 0 Å². The number of aromatic nitrogens is 1. The van der Waals surface area contributed by atoms with Gasteiger partial charge in [0, 0.05) is 18.5 Å². The van der Waals surface area contributed by atoms with Crippen LogP contribution in [0, 0.1) is 0 Å². The van der Waals surface area contributed by atoms with E-state index < -0.39 is 0 Å². The Labute approximate surface area is 123 Å². The number of nitrogens with zero attached hydrogens (tertiary/aromatic N) is 2. The molecule has 0 atom stereocenters. The number of carbonyl (C=O) groups is 2. The normalized spacial score (nSPS) is 10.9. The number of amides is 2. The summed E-state index contributed by atoms with van der Waals surface area (Å²) < 4.78 is 5.16. The van der Waals surface area contributed by atoms with Crippen molar-refractivity contribution >= 4 is 22.8 Å². The van der Waals surface area contributed by atoms with Crippen molar-refractivity contribution in [2.45, 2.75) is 26.3 Å². The number of carbonyl (C=O) groups excluding carboxylic acids is 2. The fourth-order valence-electron chi connectivity index (χ4n) is 2.02. The summed E-state index contributed by atoms with van der Waals surface area (Å²) in [6, 6.07) is 7.44. The first-order valence-electron chi connectivity index (χ1n) is 6.84. The zero-order valence-electron chi connectivity index (χ0n) is 12.4. The molecule has 0 radical (unpaired) electrons. The van der Waals surface area contributed by atoms with Gasteiger partial charge in [0.1, 0.15) is 5.69 Å². The van der Waals surface area contributed by atoms with Crippen molar-refractivity contribution < 1.29 is 14.1 Å². The average molecular weight is 289 g/mol. The molecule has 0 saturated carbocycles. The lowest BCUT2D eigenvalue weighted by Crippen LogP contribution is -2.41. The molecule has 2 aromatic rings. The van der Waals surface area contributed by atoms with E-state index in [2.05, 4.69) is 10.5 Å². The molecule has 0 bridgehead atoms. The Morgan fingerprint density at radius 2 is 2.05 bits per heavy atom. The number of hydrogen-bond acceptors (Lipinski definition) is 4. The first kappa shape index (κ1) is 15.0. The van der Waals surface area contributed by atoms with Crippen molar-refractivity contribution in [1.82, 2.24) is 15.4 Å². The molecule has 1 N–H and O–H groups in total. The lowest BCUT2D eigenvalue weighted by molar-refractivity contribution is -0.134. The van der Waals surface area contributed by atoms with Crippen molar-refractivity contribution in [3.63, 3.8) is 0 Å². The van der Waals surface area contributed by atoms with E-state index in [1.165, 1.54) is 4.90 Å². The molecule has 0 saturated heterocycles. The zero-order chi connectivity index (χ0) is 15.4. The Hall–Kier alpha value is -2.37. The van der Waals surface area contributed by atoms with Gasteiger partial charge in [0.2, 0.25) is 11.8 Å². The second-order valence-corrected chi connectivity index (χ2v) is 5.27. The highest BCUT2D eigenvalue weighted by Gasteiger charge is 2.17. The summed E-state index contributed by atoms with van der Waals surface area (Å²) in [5.74, 6) is -0.348. The number of fused-ring (bicyclic) bond motifs is 1. The van der Waals surface area contributed by atoms with Crippen LogP contribution in [0.25, 0.3) is 11.0 Å². The Kier molecular flexibility index (Phi) is 4.57. The molecule has 2 rings (SSSR count). The smallest absolute Gasteiger partial charge is 0.239 e. The van der Waals surface area contributed by atoms with Gasteiger partial charge in [-0.05, 0) is 26.0 Å². The zero-order valence-corrected chi connectivity index (χ0v) is 12.4. The lowest BCUT2D eigenvalue weighted by Gasteiger charge is -2.17. The summed E-state index contributed by atoms with van der Waals surface area (Å²) in [7, 11) is 1.60. The molecule has 0 fully saturated rings.